The van der Waals surface area contributed by atoms with E-state index in [4.69, 9.17) is 14.5 Å². The Morgan fingerprint density at radius 3 is 3.00 bits per heavy atom. The number of piperazine rings is 1. The third-order valence-corrected chi connectivity index (χ3v) is 5.86. The summed E-state index contributed by atoms with van der Waals surface area (Å²) >= 11 is 1.65. The summed E-state index contributed by atoms with van der Waals surface area (Å²) in [7, 11) is 1.67. The van der Waals surface area contributed by atoms with Gasteiger partial charge in [-0.2, -0.15) is 0 Å². The van der Waals surface area contributed by atoms with Crippen LogP contribution in [-0.4, -0.2) is 67.1 Å². The lowest BCUT2D eigenvalue weighted by Crippen LogP contribution is -2.55. The van der Waals surface area contributed by atoms with Gasteiger partial charge in [0.05, 0.1) is 36.1 Å². The average molecular weight is 398 g/mol. The fourth-order valence-corrected chi connectivity index (χ4v) is 4.44. The third-order valence-electron chi connectivity index (χ3n) is 4.81. The highest BCUT2D eigenvalue weighted by atomic mass is 32.1. The second-order valence-corrected chi connectivity index (χ2v) is 7.61. The van der Waals surface area contributed by atoms with E-state index in [0.717, 1.165) is 52.8 Å². The number of rotatable bonds is 7. The van der Waals surface area contributed by atoms with Gasteiger partial charge in [-0.1, -0.05) is 11.3 Å². The number of ether oxygens (including phenoxy) is 2. The molecule has 7 nitrogen and oxygen atoms in total. The molecule has 0 spiro atoms. The van der Waals surface area contributed by atoms with Gasteiger partial charge in [0.1, 0.15) is 24.4 Å². The zero-order chi connectivity index (χ0) is 19.3. The van der Waals surface area contributed by atoms with Crippen molar-refractivity contribution in [1.29, 1.82) is 0 Å². The molecular weight excluding hydrogens is 376 g/mol. The van der Waals surface area contributed by atoms with E-state index in [2.05, 4.69) is 14.8 Å². The van der Waals surface area contributed by atoms with Gasteiger partial charge in [-0.05, 0) is 30.3 Å². The fourth-order valence-electron chi connectivity index (χ4n) is 3.35. The van der Waals surface area contributed by atoms with Gasteiger partial charge in [0.2, 0.25) is 0 Å². The molecule has 1 fully saturated rings. The number of nitrogens with zero attached hydrogens (tertiary/aromatic N) is 4. The van der Waals surface area contributed by atoms with Gasteiger partial charge >= 0.3 is 0 Å². The van der Waals surface area contributed by atoms with E-state index >= 15 is 0 Å². The molecule has 0 saturated carbocycles. The minimum atomic E-state index is 0.0939. The summed E-state index contributed by atoms with van der Waals surface area (Å²) in [6, 6.07) is 9.77. The number of methoxy groups -OCH3 is 1. The van der Waals surface area contributed by atoms with Crippen molar-refractivity contribution in [3.05, 3.63) is 42.7 Å². The number of thiazole rings is 1. The van der Waals surface area contributed by atoms with E-state index in [-0.39, 0.29) is 6.04 Å². The number of pyridine rings is 1. The van der Waals surface area contributed by atoms with Gasteiger partial charge in [-0.15, -0.1) is 0 Å². The van der Waals surface area contributed by atoms with Crippen molar-refractivity contribution in [2.24, 2.45) is 0 Å². The molecule has 0 amide bonds. The van der Waals surface area contributed by atoms with Gasteiger partial charge in [0.15, 0.2) is 5.13 Å². The lowest BCUT2D eigenvalue weighted by atomic mass is 10.2. The Morgan fingerprint density at radius 2 is 2.21 bits per heavy atom. The molecule has 1 aliphatic rings. The van der Waals surface area contributed by atoms with Crippen LogP contribution in [0.3, 0.4) is 0 Å². The number of carbonyl (C=O) groups is 1. The van der Waals surface area contributed by atoms with Crippen molar-refractivity contribution < 1.29 is 14.3 Å². The number of fused-ring (bicyclic) bond motifs is 1. The molecule has 146 valence electrons. The van der Waals surface area contributed by atoms with Crippen molar-refractivity contribution >= 4 is 33.0 Å². The van der Waals surface area contributed by atoms with Gasteiger partial charge in [0, 0.05) is 25.8 Å². The van der Waals surface area contributed by atoms with E-state index in [1.807, 2.05) is 30.3 Å². The fraction of sp³-hybridized carbons (Fsp3) is 0.350. The maximum absolute atomic E-state index is 11.0. The monoisotopic (exact) mass is 398 g/mol. The van der Waals surface area contributed by atoms with Crippen molar-refractivity contribution in [3.8, 4) is 11.5 Å². The summed E-state index contributed by atoms with van der Waals surface area (Å²) < 4.78 is 12.4. The Bertz CT molecular complexity index is 934. The molecular formula is C20H22N4O3S. The number of hydrogen-bond donors (Lipinski definition) is 0. The SMILES string of the molecule is COc1ccc2nc(N3CCN(CC=O)CC3COc3cccnc3)sc2c1. The molecule has 1 aromatic carbocycles. The largest absolute Gasteiger partial charge is 0.497 e. The summed E-state index contributed by atoms with van der Waals surface area (Å²) in [6.45, 7) is 3.31. The molecule has 1 unspecified atom stereocenters. The van der Waals surface area contributed by atoms with Crippen LogP contribution < -0.4 is 14.4 Å². The van der Waals surface area contributed by atoms with Crippen LogP contribution in [0.1, 0.15) is 0 Å². The van der Waals surface area contributed by atoms with Crippen LogP contribution in [-0.2, 0) is 4.79 Å². The molecule has 3 heterocycles. The van der Waals surface area contributed by atoms with Crippen LogP contribution in [0, 0.1) is 0 Å². The molecule has 28 heavy (non-hydrogen) atoms. The van der Waals surface area contributed by atoms with Gasteiger partial charge in [-0.3, -0.25) is 9.88 Å². The lowest BCUT2D eigenvalue weighted by molar-refractivity contribution is -0.109. The Labute approximate surface area is 167 Å². The molecule has 2 aromatic heterocycles. The van der Waals surface area contributed by atoms with Crippen LogP contribution >= 0.6 is 11.3 Å². The van der Waals surface area contributed by atoms with E-state index in [0.29, 0.717) is 13.2 Å². The summed E-state index contributed by atoms with van der Waals surface area (Å²) in [6.07, 6.45) is 4.39. The van der Waals surface area contributed by atoms with Gasteiger partial charge in [0.25, 0.3) is 0 Å². The van der Waals surface area contributed by atoms with E-state index < -0.39 is 0 Å². The molecule has 3 aromatic rings. The molecule has 1 aliphatic heterocycles. The Kier molecular flexibility index (Phi) is 5.68. The van der Waals surface area contributed by atoms with Crippen LogP contribution in [0.4, 0.5) is 5.13 Å². The van der Waals surface area contributed by atoms with Crippen LogP contribution in [0.15, 0.2) is 42.7 Å². The summed E-state index contributed by atoms with van der Waals surface area (Å²) in [5.41, 5.74) is 0.961. The van der Waals surface area contributed by atoms with Crippen molar-refractivity contribution in [1.82, 2.24) is 14.9 Å². The highest BCUT2D eigenvalue weighted by Crippen LogP contribution is 2.33. The molecule has 1 atom stereocenters. The van der Waals surface area contributed by atoms with E-state index in [1.165, 1.54) is 0 Å². The maximum Gasteiger partial charge on any atom is 0.186 e. The Morgan fingerprint density at radius 1 is 1.29 bits per heavy atom. The van der Waals surface area contributed by atoms with Crippen LogP contribution in [0.2, 0.25) is 0 Å². The standard InChI is InChI=1S/C20H22N4O3S/c1-26-16-4-5-18-19(11-16)28-20(22-18)24-8-7-23(9-10-25)13-15(24)14-27-17-3-2-6-21-12-17/h2-6,10-12,15H,7-9,13-14H2,1H3. The number of hydrogen-bond acceptors (Lipinski definition) is 8. The quantitative estimate of drug-likeness (QED) is 0.566. The van der Waals surface area contributed by atoms with Gasteiger partial charge in [-0.25, -0.2) is 4.98 Å². The zero-order valence-electron chi connectivity index (χ0n) is 15.7. The maximum atomic E-state index is 11.0. The third kappa shape index (κ3) is 4.07. The molecule has 0 radical (unpaired) electrons. The molecule has 1 saturated heterocycles. The first-order valence-corrected chi connectivity index (χ1v) is 9.98. The first-order chi connectivity index (χ1) is 13.8. The normalized spacial score (nSPS) is 17.6. The minimum Gasteiger partial charge on any atom is -0.497 e. The minimum absolute atomic E-state index is 0.0939. The van der Waals surface area contributed by atoms with Crippen molar-refractivity contribution in [2.75, 3.05) is 44.8 Å². The molecule has 0 aliphatic carbocycles. The average Bonchev–Trinajstić information content (AvgIpc) is 3.16. The number of anilines is 1. The van der Waals surface area contributed by atoms with E-state index in [1.54, 1.807) is 30.8 Å². The number of aromatic nitrogens is 2. The van der Waals surface area contributed by atoms with Crippen LogP contribution in [0.25, 0.3) is 10.2 Å². The highest BCUT2D eigenvalue weighted by Gasteiger charge is 2.29. The van der Waals surface area contributed by atoms with Gasteiger partial charge < -0.3 is 19.2 Å². The topological polar surface area (TPSA) is 67.8 Å². The highest BCUT2D eigenvalue weighted by molar-refractivity contribution is 7.22. The molecule has 0 N–H and O–H groups in total. The zero-order valence-corrected chi connectivity index (χ0v) is 16.5. The predicted octanol–water partition coefficient (Wildman–Crippen LogP) is 2.47. The first kappa shape index (κ1) is 18.6. The van der Waals surface area contributed by atoms with Crippen molar-refractivity contribution in [2.45, 2.75) is 6.04 Å². The first-order valence-electron chi connectivity index (χ1n) is 9.17. The Hall–Kier alpha value is -2.71. The Balaban J connectivity index is 1.56. The second-order valence-electron chi connectivity index (χ2n) is 6.60. The summed E-state index contributed by atoms with van der Waals surface area (Å²) in [5, 5.41) is 0.966. The van der Waals surface area contributed by atoms with Crippen molar-refractivity contribution in [3.63, 3.8) is 0 Å². The number of aldehydes is 1. The van der Waals surface area contributed by atoms with E-state index in [9.17, 15) is 4.79 Å². The summed E-state index contributed by atoms with van der Waals surface area (Å²) in [5.74, 6) is 1.57. The van der Waals surface area contributed by atoms with Crippen LogP contribution in [0.5, 0.6) is 11.5 Å². The molecule has 4 rings (SSSR count). The second kappa shape index (κ2) is 8.53. The number of carbonyl (C=O) groups excluding carboxylic acids is 1. The molecule has 0 bridgehead atoms. The molecule has 8 heteroatoms. The lowest BCUT2D eigenvalue weighted by Gasteiger charge is -2.40. The predicted molar refractivity (Wildman–Crippen MR) is 110 cm³/mol. The smallest absolute Gasteiger partial charge is 0.186 e. The summed E-state index contributed by atoms with van der Waals surface area (Å²) in [4.78, 5) is 24.3. The number of benzene rings is 1.